The van der Waals surface area contributed by atoms with Gasteiger partial charge in [-0.3, -0.25) is 0 Å². The zero-order valence-electron chi connectivity index (χ0n) is 14.5. The van der Waals surface area contributed by atoms with Crippen LogP contribution in [-0.4, -0.2) is 51.9 Å². The molecule has 2 aliphatic rings. The first-order chi connectivity index (χ1) is 13.2. The van der Waals surface area contributed by atoms with Crippen molar-refractivity contribution in [2.45, 2.75) is 18.9 Å². The minimum atomic E-state index is -0.475. The van der Waals surface area contributed by atoms with Crippen LogP contribution in [0.3, 0.4) is 0 Å². The summed E-state index contributed by atoms with van der Waals surface area (Å²) in [4.78, 5) is 10.5. The number of hydrogen-bond donors (Lipinski definition) is 1. The third-order valence-corrected chi connectivity index (χ3v) is 4.76. The van der Waals surface area contributed by atoms with Crippen molar-refractivity contribution in [1.29, 1.82) is 0 Å². The lowest BCUT2D eigenvalue weighted by Gasteiger charge is -2.28. The molecule has 0 aromatic carbocycles. The average Bonchev–Trinajstić information content (AvgIpc) is 3.41. The van der Waals surface area contributed by atoms with E-state index in [9.17, 15) is 8.78 Å². The standard InChI is InChI=1S/C18H18F2N6O/c19-11-7-13(18(22-8-11)27-12-1-2-12)14-9-23-26-10-15(20)17(24-16(14)26)25-5-3-21-4-6-25/h7-10,12,21H,1-6H2. The molecule has 27 heavy (non-hydrogen) atoms. The van der Waals surface area contributed by atoms with Gasteiger partial charge in [0.25, 0.3) is 0 Å². The van der Waals surface area contributed by atoms with Crippen LogP contribution >= 0.6 is 0 Å². The number of nitrogens with one attached hydrogen (secondary N) is 1. The number of nitrogens with zero attached hydrogens (tertiary/aromatic N) is 5. The molecular weight excluding hydrogens is 354 g/mol. The minimum Gasteiger partial charge on any atom is -0.474 e. The van der Waals surface area contributed by atoms with Gasteiger partial charge in [0, 0.05) is 26.2 Å². The van der Waals surface area contributed by atoms with Gasteiger partial charge in [-0.25, -0.2) is 23.3 Å². The summed E-state index contributed by atoms with van der Waals surface area (Å²) in [5.41, 5.74) is 1.48. The summed E-state index contributed by atoms with van der Waals surface area (Å²) in [5, 5.41) is 7.42. The first kappa shape index (κ1) is 16.4. The molecule has 1 N–H and O–H groups in total. The van der Waals surface area contributed by atoms with E-state index in [1.54, 1.807) is 6.20 Å². The second kappa shape index (κ2) is 6.41. The van der Waals surface area contributed by atoms with Crippen LogP contribution in [0.4, 0.5) is 14.6 Å². The number of rotatable bonds is 4. The molecule has 0 unspecified atom stereocenters. The summed E-state index contributed by atoms with van der Waals surface area (Å²) in [6, 6.07) is 1.36. The molecule has 0 radical (unpaired) electrons. The van der Waals surface area contributed by atoms with Gasteiger partial charge in [-0.1, -0.05) is 0 Å². The lowest BCUT2D eigenvalue weighted by atomic mass is 10.1. The minimum absolute atomic E-state index is 0.116. The second-order valence-electron chi connectivity index (χ2n) is 6.80. The normalized spacial score (nSPS) is 17.5. The second-order valence-corrected chi connectivity index (χ2v) is 6.80. The molecule has 4 heterocycles. The van der Waals surface area contributed by atoms with Crippen LogP contribution in [0.15, 0.2) is 24.7 Å². The van der Waals surface area contributed by atoms with E-state index >= 15 is 0 Å². The quantitative estimate of drug-likeness (QED) is 0.756. The van der Waals surface area contributed by atoms with Crippen LogP contribution in [0.2, 0.25) is 0 Å². The fourth-order valence-electron chi connectivity index (χ4n) is 3.23. The number of halogens is 2. The van der Waals surface area contributed by atoms with Crippen molar-refractivity contribution in [2.75, 3.05) is 31.1 Å². The zero-order valence-corrected chi connectivity index (χ0v) is 14.5. The van der Waals surface area contributed by atoms with Gasteiger partial charge in [0.1, 0.15) is 11.9 Å². The van der Waals surface area contributed by atoms with Crippen LogP contribution in [0.25, 0.3) is 16.8 Å². The third-order valence-electron chi connectivity index (χ3n) is 4.76. The van der Waals surface area contributed by atoms with E-state index in [2.05, 4.69) is 20.4 Å². The Balaban J connectivity index is 1.62. The van der Waals surface area contributed by atoms with E-state index in [-0.39, 0.29) is 11.9 Å². The molecular formula is C18H18F2N6O. The van der Waals surface area contributed by atoms with Crippen molar-refractivity contribution < 1.29 is 13.5 Å². The fraction of sp³-hybridized carbons (Fsp3) is 0.389. The highest BCUT2D eigenvalue weighted by molar-refractivity contribution is 5.80. The molecule has 5 rings (SSSR count). The van der Waals surface area contributed by atoms with Gasteiger partial charge < -0.3 is 15.0 Å². The van der Waals surface area contributed by atoms with Gasteiger partial charge >= 0.3 is 0 Å². The van der Waals surface area contributed by atoms with Crippen LogP contribution in [0.5, 0.6) is 5.88 Å². The van der Waals surface area contributed by atoms with Crippen molar-refractivity contribution in [2.24, 2.45) is 0 Å². The van der Waals surface area contributed by atoms with E-state index in [1.165, 1.54) is 16.8 Å². The van der Waals surface area contributed by atoms with E-state index in [0.717, 1.165) is 32.1 Å². The smallest absolute Gasteiger partial charge is 0.221 e. The Labute approximate surface area is 154 Å². The number of piperazine rings is 1. The highest BCUT2D eigenvalue weighted by Gasteiger charge is 2.27. The molecule has 9 heteroatoms. The largest absolute Gasteiger partial charge is 0.474 e. The maximum absolute atomic E-state index is 14.6. The zero-order chi connectivity index (χ0) is 18.4. The number of fused-ring (bicyclic) bond motifs is 1. The van der Waals surface area contributed by atoms with E-state index in [4.69, 9.17) is 4.74 Å². The topological polar surface area (TPSA) is 67.6 Å². The number of ether oxygens (including phenoxy) is 1. The van der Waals surface area contributed by atoms with Crippen molar-refractivity contribution in [3.05, 3.63) is 36.3 Å². The summed E-state index contributed by atoms with van der Waals surface area (Å²) < 4.78 is 35.6. The summed E-state index contributed by atoms with van der Waals surface area (Å²) >= 11 is 0. The Morgan fingerprint density at radius 2 is 1.93 bits per heavy atom. The first-order valence-corrected chi connectivity index (χ1v) is 9.01. The van der Waals surface area contributed by atoms with Crippen LogP contribution in [0.1, 0.15) is 12.8 Å². The Hall–Kier alpha value is -2.81. The van der Waals surface area contributed by atoms with Gasteiger partial charge in [-0.05, 0) is 18.9 Å². The number of anilines is 1. The van der Waals surface area contributed by atoms with Crippen molar-refractivity contribution >= 4 is 11.5 Å². The Morgan fingerprint density at radius 3 is 2.70 bits per heavy atom. The van der Waals surface area contributed by atoms with Gasteiger partial charge in [0.05, 0.1) is 29.7 Å². The number of hydrogen-bond acceptors (Lipinski definition) is 6. The predicted octanol–water partition coefficient (Wildman–Crippen LogP) is 2.02. The molecule has 1 saturated carbocycles. The van der Waals surface area contributed by atoms with Crippen LogP contribution in [-0.2, 0) is 0 Å². The number of aromatic nitrogens is 4. The van der Waals surface area contributed by atoms with E-state index in [0.29, 0.717) is 35.7 Å². The molecule has 0 bridgehead atoms. The van der Waals surface area contributed by atoms with Crippen LogP contribution in [0, 0.1) is 11.6 Å². The van der Waals surface area contributed by atoms with Gasteiger partial charge in [0.15, 0.2) is 17.3 Å². The Kier molecular flexibility index (Phi) is 3.89. The molecule has 3 aromatic heterocycles. The van der Waals surface area contributed by atoms with E-state index in [1.807, 2.05) is 4.90 Å². The highest BCUT2D eigenvalue weighted by Crippen LogP contribution is 2.35. The lowest BCUT2D eigenvalue weighted by molar-refractivity contribution is 0.291. The lowest BCUT2D eigenvalue weighted by Crippen LogP contribution is -2.44. The molecule has 7 nitrogen and oxygen atoms in total. The Bertz CT molecular complexity index is 997. The van der Waals surface area contributed by atoms with Gasteiger partial charge in [-0.15, -0.1) is 0 Å². The number of pyridine rings is 1. The Morgan fingerprint density at radius 1 is 1.11 bits per heavy atom. The molecule has 0 amide bonds. The molecule has 1 aliphatic heterocycles. The SMILES string of the molecule is Fc1cnc(OC2CC2)c(-c2cnn3cc(F)c(N4CCNCC4)nc23)c1. The maximum atomic E-state index is 14.6. The molecule has 0 atom stereocenters. The van der Waals surface area contributed by atoms with Crippen molar-refractivity contribution in [3.63, 3.8) is 0 Å². The monoisotopic (exact) mass is 372 g/mol. The summed E-state index contributed by atoms with van der Waals surface area (Å²) in [6.45, 7) is 2.87. The molecule has 2 fully saturated rings. The summed E-state index contributed by atoms with van der Waals surface area (Å²) in [6.07, 6.45) is 6.02. The molecule has 1 aliphatic carbocycles. The predicted molar refractivity (Wildman–Crippen MR) is 94.9 cm³/mol. The van der Waals surface area contributed by atoms with Gasteiger partial charge in [0.2, 0.25) is 5.88 Å². The molecule has 3 aromatic rings. The third kappa shape index (κ3) is 3.08. The summed E-state index contributed by atoms with van der Waals surface area (Å²) in [5.74, 6) is -0.286. The van der Waals surface area contributed by atoms with Crippen molar-refractivity contribution in [1.82, 2.24) is 24.9 Å². The fourth-order valence-corrected chi connectivity index (χ4v) is 3.23. The highest BCUT2D eigenvalue weighted by atomic mass is 19.1. The van der Waals surface area contributed by atoms with Gasteiger partial charge in [-0.2, -0.15) is 5.10 Å². The maximum Gasteiger partial charge on any atom is 0.221 e. The van der Waals surface area contributed by atoms with Crippen LogP contribution < -0.4 is 15.0 Å². The van der Waals surface area contributed by atoms with Crippen molar-refractivity contribution in [3.8, 4) is 17.0 Å². The molecule has 0 spiro atoms. The summed E-state index contributed by atoms with van der Waals surface area (Å²) in [7, 11) is 0. The molecule has 1 saturated heterocycles. The molecule has 140 valence electrons. The van der Waals surface area contributed by atoms with E-state index < -0.39 is 11.6 Å². The average molecular weight is 372 g/mol. The first-order valence-electron chi connectivity index (χ1n) is 9.01.